The van der Waals surface area contributed by atoms with Crippen molar-refractivity contribution in [2.45, 2.75) is 70.5 Å². The molecule has 186 valence electrons. The van der Waals surface area contributed by atoms with Gasteiger partial charge in [-0.05, 0) is 71.4 Å². The van der Waals surface area contributed by atoms with Gasteiger partial charge in [0, 0.05) is 12.5 Å². The Morgan fingerprint density at radius 3 is 2.09 bits per heavy atom. The largest absolute Gasteiger partial charge is 0.463 e. The number of rotatable bonds is 9. The molecule has 0 fully saturated rings. The van der Waals surface area contributed by atoms with Gasteiger partial charge in [-0.25, -0.2) is 4.79 Å². The summed E-state index contributed by atoms with van der Waals surface area (Å²) in [6.07, 6.45) is -0.843. The maximum atomic E-state index is 12.5. The van der Waals surface area contributed by atoms with Crippen molar-refractivity contribution in [1.82, 2.24) is 5.32 Å². The number of carbonyl (C=O) groups is 2. The van der Waals surface area contributed by atoms with Gasteiger partial charge in [-0.15, -0.1) is 0 Å². The summed E-state index contributed by atoms with van der Waals surface area (Å²) in [4.78, 5) is 24.4. The molecule has 0 aromatic heterocycles. The highest BCUT2D eigenvalue weighted by atomic mass is 32.2. The van der Waals surface area contributed by atoms with Crippen molar-refractivity contribution in [3.8, 4) is 5.75 Å². The number of ether oxygens (including phenoxy) is 2. The maximum absolute atomic E-state index is 12.5. The molecule has 0 spiro atoms. The zero-order valence-corrected chi connectivity index (χ0v) is 21.3. The summed E-state index contributed by atoms with van der Waals surface area (Å²) in [6.45, 7) is 10.8. The lowest BCUT2D eigenvalue weighted by Gasteiger charge is -2.22. The van der Waals surface area contributed by atoms with Gasteiger partial charge in [-0.1, -0.05) is 29.8 Å². The molecule has 0 radical (unpaired) electrons. The molecule has 0 aliphatic carbocycles. The van der Waals surface area contributed by atoms with E-state index < -0.39 is 33.7 Å². The summed E-state index contributed by atoms with van der Waals surface area (Å²) >= 11 is 0. The molecule has 0 heterocycles. The Hall–Kier alpha value is -3.07. The first-order chi connectivity index (χ1) is 15.7. The predicted octanol–water partition coefficient (Wildman–Crippen LogP) is 4.71. The standard InChI is InChI=1S/C25H33NO7S/c1-17(2)31-23(27)15-20(16-26-24(28)32-25(4,5)6)19-9-11-21(12-10-19)33-34(29,30)22-13-7-18(3)8-14-22/h7-14,17,20H,15-16H2,1-6H3,(H,26,28). The first-order valence-electron chi connectivity index (χ1n) is 11.0. The van der Waals surface area contributed by atoms with Crippen LogP contribution in [0.25, 0.3) is 0 Å². The van der Waals surface area contributed by atoms with Crippen LogP contribution in [-0.2, 0) is 24.4 Å². The van der Waals surface area contributed by atoms with E-state index >= 15 is 0 Å². The van der Waals surface area contributed by atoms with Crippen molar-refractivity contribution < 1.29 is 31.7 Å². The lowest BCUT2D eigenvalue weighted by Crippen LogP contribution is -2.35. The Balaban J connectivity index is 2.15. The van der Waals surface area contributed by atoms with E-state index in [4.69, 9.17) is 13.7 Å². The lowest BCUT2D eigenvalue weighted by atomic mass is 9.95. The Morgan fingerprint density at radius 2 is 1.56 bits per heavy atom. The average molecular weight is 492 g/mol. The minimum atomic E-state index is -3.98. The third-order valence-electron chi connectivity index (χ3n) is 4.54. The van der Waals surface area contributed by atoms with E-state index in [9.17, 15) is 18.0 Å². The highest BCUT2D eigenvalue weighted by molar-refractivity contribution is 7.87. The van der Waals surface area contributed by atoms with Crippen molar-refractivity contribution in [3.63, 3.8) is 0 Å². The Kier molecular flexibility index (Phi) is 9.09. The van der Waals surface area contributed by atoms with Crippen LogP contribution in [0, 0.1) is 6.92 Å². The highest BCUT2D eigenvalue weighted by Gasteiger charge is 2.22. The Morgan fingerprint density at radius 1 is 0.971 bits per heavy atom. The second-order valence-electron chi connectivity index (χ2n) is 9.24. The van der Waals surface area contributed by atoms with Crippen molar-refractivity contribution >= 4 is 22.2 Å². The molecule has 1 N–H and O–H groups in total. The molecule has 0 saturated heterocycles. The van der Waals surface area contributed by atoms with Crippen LogP contribution in [0.3, 0.4) is 0 Å². The number of alkyl carbamates (subject to hydrolysis) is 1. The molecule has 34 heavy (non-hydrogen) atoms. The zero-order valence-electron chi connectivity index (χ0n) is 20.5. The maximum Gasteiger partial charge on any atom is 0.407 e. The number of hydrogen-bond acceptors (Lipinski definition) is 7. The van der Waals surface area contributed by atoms with Gasteiger partial charge in [0.05, 0.1) is 12.5 Å². The zero-order chi connectivity index (χ0) is 25.5. The van der Waals surface area contributed by atoms with E-state index in [1.165, 1.54) is 24.3 Å². The summed E-state index contributed by atoms with van der Waals surface area (Å²) in [5.74, 6) is -0.692. The van der Waals surface area contributed by atoms with Crippen molar-refractivity contribution in [3.05, 3.63) is 59.7 Å². The summed E-state index contributed by atoms with van der Waals surface area (Å²) in [7, 11) is -3.98. The molecule has 1 atom stereocenters. The predicted molar refractivity (Wildman–Crippen MR) is 128 cm³/mol. The van der Waals surface area contributed by atoms with Crippen molar-refractivity contribution in [2.75, 3.05) is 6.54 Å². The first-order valence-corrected chi connectivity index (χ1v) is 12.4. The van der Waals surface area contributed by atoms with Gasteiger partial charge >= 0.3 is 22.2 Å². The van der Waals surface area contributed by atoms with Crippen LogP contribution in [0.4, 0.5) is 4.79 Å². The third kappa shape index (κ3) is 9.05. The SMILES string of the molecule is Cc1ccc(S(=O)(=O)Oc2ccc(C(CNC(=O)OC(C)(C)C)CC(=O)OC(C)C)cc2)cc1. The molecule has 0 saturated carbocycles. The van der Waals surface area contributed by atoms with E-state index in [0.717, 1.165) is 5.56 Å². The summed E-state index contributed by atoms with van der Waals surface area (Å²) < 4.78 is 40.8. The van der Waals surface area contributed by atoms with Gasteiger partial charge in [0.25, 0.3) is 0 Å². The van der Waals surface area contributed by atoms with Gasteiger partial charge in [-0.2, -0.15) is 8.42 Å². The summed E-state index contributed by atoms with van der Waals surface area (Å²) in [6, 6.07) is 12.7. The fourth-order valence-electron chi connectivity index (χ4n) is 3.02. The number of amides is 1. The second kappa shape index (κ2) is 11.4. The molecule has 2 aromatic carbocycles. The van der Waals surface area contributed by atoms with Crippen LogP contribution in [0.1, 0.15) is 58.1 Å². The van der Waals surface area contributed by atoms with Crippen LogP contribution < -0.4 is 9.50 Å². The lowest BCUT2D eigenvalue weighted by molar-refractivity contribution is -0.147. The molecule has 8 nitrogen and oxygen atoms in total. The van der Waals surface area contributed by atoms with Gasteiger partial charge in [0.2, 0.25) is 0 Å². The topological polar surface area (TPSA) is 108 Å². The quantitative estimate of drug-likeness (QED) is 0.400. The number of nitrogens with one attached hydrogen (secondary N) is 1. The molecular weight excluding hydrogens is 458 g/mol. The second-order valence-corrected chi connectivity index (χ2v) is 10.8. The van der Waals surface area contributed by atoms with Gasteiger partial charge in [-0.3, -0.25) is 4.79 Å². The Labute approximate surface area is 201 Å². The molecule has 0 aliphatic heterocycles. The molecule has 2 rings (SSSR count). The normalized spacial score (nSPS) is 12.7. The minimum Gasteiger partial charge on any atom is -0.463 e. The fourth-order valence-corrected chi connectivity index (χ4v) is 3.95. The minimum absolute atomic E-state index is 0.0237. The van der Waals surface area contributed by atoms with Crippen molar-refractivity contribution in [2.24, 2.45) is 0 Å². The number of carbonyl (C=O) groups excluding carboxylic acids is 2. The highest BCUT2D eigenvalue weighted by Crippen LogP contribution is 2.25. The molecule has 2 aromatic rings. The van der Waals surface area contributed by atoms with E-state index in [1.54, 1.807) is 58.9 Å². The van der Waals surface area contributed by atoms with E-state index in [1.807, 2.05) is 6.92 Å². The van der Waals surface area contributed by atoms with Gasteiger partial charge < -0.3 is 19.0 Å². The van der Waals surface area contributed by atoms with E-state index in [2.05, 4.69) is 5.32 Å². The smallest absolute Gasteiger partial charge is 0.407 e. The van der Waals surface area contributed by atoms with E-state index in [0.29, 0.717) is 5.56 Å². The molecule has 9 heteroatoms. The molecule has 1 unspecified atom stereocenters. The van der Waals surface area contributed by atoms with Crippen LogP contribution in [0.2, 0.25) is 0 Å². The van der Waals surface area contributed by atoms with Crippen molar-refractivity contribution in [1.29, 1.82) is 0 Å². The molecule has 0 bridgehead atoms. The van der Waals surface area contributed by atoms with E-state index in [-0.39, 0.29) is 29.7 Å². The molecular formula is C25H33NO7S. The van der Waals surface area contributed by atoms with Crippen LogP contribution in [0.5, 0.6) is 5.75 Å². The number of hydrogen-bond donors (Lipinski definition) is 1. The summed E-state index contributed by atoms with van der Waals surface area (Å²) in [5, 5.41) is 2.68. The monoisotopic (exact) mass is 491 g/mol. The fraction of sp³-hybridized carbons (Fsp3) is 0.440. The van der Waals surface area contributed by atoms with Crippen LogP contribution in [0.15, 0.2) is 53.4 Å². The van der Waals surface area contributed by atoms with Gasteiger partial charge in [0.1, 0.15) is 16.2 Å². The molecule has 1 amide bonds. The first kappa shape index (κ1) is 27.2. The molecule has 0 aliphatic rings. The Bertz CT molecular complexity index is 1070. The van der Waals surface area contributed by atoms with Gasteiger partial charge in [0.15, 0.2) is 0 Å². The summed E-state index contributed by atoms with van der Waals surface area (Å²) in [5.41, 5.74) is 0.986. The third-order valence-corrected chi connectivity index (χ3v) is 5.80. The average Bonchev–Trinajstić information content (AvgIpc) is 2.70. The number of aryl methyl sites for hydroxylation is 1. The number of benzene rings is 2. The number of esters is 1. The van der Waals surface area contributed by atoms with Crippen LogP contribution >= 0.6 is 0 Å². The van der Waals surface area contributed by atoms with Crippen LogP contribution in [-0.4, -0.2) is 38.7 Å².